The van der Waals surface area contributed by atoms with Gasteiger partial charge in [-0.3, -0.25) is 4.79 Å². The molecule has 3 rings (SSSR count). The van der Waals surface area contributed by atoms with Crippen molar-refractivity contribution in [2.24, 2.45) is 5.73 Å². The first-order valence-electron chi connectivity index (χ1n) is 9.70. The topological polar surface area (TPSA) is 68.2 Å². The Hall–Kier alpha value is -2.73. The smallest absolute Gasteiger partial charge is 0.225 e. The normalized spacial score (nSPS) is 12.3. The van der Waals surface area contributed by atoms with Gasteiger partial charge < -0.3 is 15.4 Å². The maximum absolute atomic E-state index is 14.3. The number of nitrogens with zero attached hydrogens (tertiary/aromatic N) is 1. The van der Waals surface area contributed by atoms with Crippen LogP contribution in [-0.4, -0.2) is 20.6 Å². The minimum atomic E-state index is -0.737. The molecule has 29 heavy (non-hydrogen) atoms. The van der Waals surface area contributed by atoms with Crippen molar-refractivity contribution in [1.82, 2.24) is 4.57 Å². The van der Waals surface area contributed by atoms with Crippen LogP contribution in [-0.2, 0) is 4.79 Å². The first-order valence-corrected chi connectivity index (χ1v) is 10.1. The number of aromatic nitrogens is 1. The number of amides is 1. The third-order valence-corrected chi connectivity index (χ3v) is 5.78. The average molecular weight is 413 g/mol. The van der Waals surface area contributed by atoms with Crippen LogP contribution < -0.4 is 5.73 Å². The lowest BCUT2D eigenvalue weighted by Crippen LogP contribution is -2.22. The number of unbranched alkanes of at least 4 members (excludes halogenated alkanes) is 1. The summed E-state index contributed by atoms with van der Waals surface area (Å²) < 4.78 is 16.0. The van der Waals surface area contributed by atoms with E-state index in [1.807, 2.05) is 45.0 Å². The number of rotatable bonds is 6. The zero-order valence-electron chi connectivity index (χ0n) is 16.8. The maximum Gasteiger partial charge on any atom is 0.225 e. The molecule has 0 saturated heterocycles. The molecule has 0 saturated carbocycles. The van der Waals surface area contributed by atoms with E-state index in [0.29, 0.717) is 27.9 Å². The Morgan fingerprint density at radius 1 is 1.24 bits per heavy atom. The molecule has 0 radical (unpaired) electrons. The predicted octanol–water partition coefficient (Wildman–Crippen LogP) is 5.09. The van der Waals surface area contributed by atoms with E-state index in [9.17, 15) is 14.3 Å². The Morgan fingerprint density at radius 3 is 2.48 bits per heavy atom. The lowest BCUT2D eigenvalue weighted by molar-refractivity contribution is -0.119. The van der Waals surface area contributed by atoms with Crippen LogP contribution >= 0.6 is 12.2 Å². The van der Waals surface area contributed by atoms with Gasteiger partial charge in [-0.25, -0.2) is 4.39 Å². The van der Waals surface area contributed by atoms with Crippen molar-refractivity contribution in [1.29, 1.82) is 0 Å². The number of aryl methyl sites for hydroxylation is 1. The largest absolute Gasteiger partial charge is 0.505 e. The summed E-state index contributed by atoms with van der Waals surface area (Å²) in [4.78, 5) is 12.8. The summed E-state index contributed by atoms with van der Waals surface area (Å²) in [6, 6.07) is 10.4. The van der Waals surface area contributed by atoms with Gasteiger partial charge in [0.05, 0.1) is 11.4 Å². The molecule has 0 bridgehead atoms. The van der Waals surface area contributed by atoms with Crippen LogP contribution in [0.2, 0.25) is 0 Å². The van der Waals surface area contributed by atoms with Gasteiger partial charge in [-0.2, -0.15) is 0 Å². The Morgan fingerprint density at radius 2 is 1.90 bits per heavy atom. The second-order valence-corrected chi connectivity index (χ2v) is 7.81. The van der Waals surface area contributed by atoms with Crippen molar-refractivity contribution in [3.05, 3.63) is 64.6 Å². The van der Waals surface area contributed by atoms with Gasteiger partial charge in [0.15, 0.2) is 11.6 Å². The highest BCUT2D eigenvalue weighted by Gasteiger charge is 2.28. The minimum absolute atomic E-state index is 0.439. The average Bonchev–Trinajstić information content (AvgIpc) is 2.94. The number of phenols is 1. The highest BCUT2D eigenvalue weighted by molar-refractivity contribution is 7.80. The van der Waals surface area contributed by atoms with Gasteiger partial charge in [0, 0.05) is 22.7 Å². The minimum Gasteiger partial charge on any atom is -0.505 e. The van der Waals surface area contributed by atoms with Crippen LogP contribution in [0.5, 0.6) is 5.75 Å². The zero-order chi connectivity index (χ0) is 21.3. The number of aromatic hydroxyl groups is 1. The van der Waals surface area contributed by atoms with Crippen LogP contribution in [0.1, 0.15) is 54.5 Å². The molecule has 0 aliphatic heterocycles. The molecule has 0 aliphatic rings. The van der Waals surface area contributed by atoms with E-state index in [1.54, 1.807) is 4.57 Å². The third-order valence-electron chi connectivity index (χ3n) is 5.36. The molecule has 1 amide bonds. The number of halogens is 1. The number of primary amides is 1. The molecule has 1 atom stereocenters. The van der Waals surface area contributed by atoms with Gasteiger partial charge in [0.1, 0.15) is 4.99 Å². The van der Waals surface area contributed by atoms with E-state index in [4.69, 9.17) is 18.0 Å². The number of phenolic OH excluding ortho intramolecular Hbond substituents is 1. The molecule has 6 heteroatoms. The first-order chi connectivity index (χ1) is 13.8. The summed E-state index contributed by atoms with van der Waals surface area (Å²) in [6.07, 6.45) is 2.33. The van der Waals surface area contributed by atoms with Crippen molar-refractivity contribution < 1.29 is 14.3 Å². The quantitative estimate of drug-likeness (QED) is 0.555. The third kappa shape index (κ3) is 3.90. The summed E-state index contributed by atoms with van der Waals surface area (Å²) in [5.41, 5.74) is 9.60. The van der Waals surface area contributed by atoms with Crippen molar-refractivity contribution >= 4 is 34.0 Å². The number of hydrogen-bond acceptors (Lipinski definition) is 3. The molecule has 1 aromatic heterocycles. The van der Waals surface area contributed by atoms with Crippen molar-refractivity contribution in [2.45, 2.75) is 46.0 Å². The Kier molecular flexibility index (Phi) is 6.03. The number of nitrogens with two attached hydrogens (primary N) is 1. The lowest BCUT2D eigenvalue weighted by atomic mass is 9.90. The highest BCUT2D eigenvalue weighted by Crippen LogP contribution is 2.37. The second-order valence-electron chi connectivity index (χ2n) is 7.42. The second kappa shape index (κ2) is 8.33. The van der Waals surface area contributed by atoms with Gasteiger partial charge in [-0.15, -0.1) is 0 Å². The molecule has 4 nitrogen and oxygen atoms in total. The van der Waals surface area contributed by atoms with Gasteiger partial charge in [0.2, 0.25) is 5.91 Å². The molecule has 2 aromatic carbocycles. The monoisotopic (exact) mass is 412 g/mol. The van der Waals surface area contributed by atoms with Crippen LogP contribution in [0, 0.1) is 19.7 Å². The number of hydrogen-bond donors (Lipinski definition) is 2. The number of fused-ring (bicyclic) bond motifs is 1. The van der Waals surface area contributed by atoms with E-state index < -0.39 is 23.4 Å². The fourth-order valence-corrected chi connectivity index (χ4v) is 4.18. The van der Waals surface area contributed by atoms with Crippen LogP contribution in [0.3, 0.4) is 0 Å². The fourth-order valence-electron chi connectivity index (χ4n) is 3.81. The van der Waals surface area contributed by atoms with E-state index in [-0.39, 0.29) is 0 Å². The van der Waals surface area contributed by atoms with E-state index in [2.05, 4.69) is 0 Å². The molecule has 3 N–H and O–H groups in total. The molecule has 1 heterocycles. The van der Waals surface area contributed by atoms with Crippen molar-refractivity contribution in [3.8, 4) is 5.75 Å². The van der Waals surface area contributed by atoms with Gasteiger partial charge in [-0.05, 0) is 31.9 Å². The molecule has 152 valence electrons. The molecular formula is C23H25FN2O2S. The molecule has 1 unspecified atom stereocenters. The summed E-state index contributed by atoms with van der Waals surface area (Å²) in [6.45, 7) is 5.89. The highest BCUT2D eigenvalue weighted by atomic mass is 32.1. The maximum atomic E-state index is 14.3. The van der Waals surface area contributed by atoms with Gasteiger partial charge in [0.25, 0.3) is 0 Å². The molecule has 0 spiro atoms. The van der Waals surface area contributed by atoms with Gasteiger partial charge >= 0.3 is 0 Å². The standard InChI is InChI=1S/C23H25FN2O2S/c1-4-5-6-16(22(25)28)21-14(3)26(19-12-18(24)20(27)11-17(19)21)23(29)15-9-7-13(2)8-10-15/h7-12,16,27H,4-6H2,1-3H3,(H2,25,28). The predicted molar refractivity (Wildman–Crippen MR) is 118 cm³/mol. The Bertz CT molecular complexity index is 1090. The summed E-state index contributed by atoms with van der Waals surface area (Å²) in [7, 11) is 0. The summed E-state index contributed by atoms with van der Waals surface area (Å²) in [5.74, 6) is -2.18. The number of carbonyl (C=O) groups excluding carboxylic acids is 1. The molecule has 3 aromatic rings. The number of benzene rings is 2. The lowest BCUT2D eigenvalue weighted by Gasteiger charge is -2.15. The number of carbonyl (C=O) groups is 1. The van der Waals surface area contributed by atoms with E-state index in [0.717, 1.165) is 29.7 Å². The summed E-state index contributed by atoms with van der Waals surface area (Å²) in [5, 5.41) is 10.6. The molecular weight excluding hydrogens is 387 g/mol. The number of thiocarbonyl (C=S) groups is 1. The van der Waals surface area contributed by atoms with Crippen molar-refractivity contribution in [2.75, 3.05) is 0 Å². The first kappa shape index (κ1) is 21.0. The van der Waals surface area contributed by atoms with E-state index in [1.165, 1.54) is 12.1 Å². The summed E-state index contributed by atoms with van der Waals surface area (Å²) >= 11 is 5.74. The Balaban J connectivity index is 2.29. The Labute approximate surface area is 175 Å². The molecule has 0 fully saturated rings. The zero-order valence-corrected chi connectivity index (χ0v) is 17.6. The van der Waals surface area contributed by atoms with Crippen LogP contribution in [0.15, 0.2) is 36.4 Å². The fraction of sp³-hybridized carbons (Fsp3) is 0.304. The SMILES string of the molecule is CCCCC(C(N)=O)c1c(C)n(C(=S)c2ccc(C)cc2)c2cc(F)c(O)cc12. The molecule has 0 aliphatic carbocycles. The van der Waals surface area contributed by atoms with Crippen molar-refractivity contribution in [3.63, 3.8) is 0 Å². The van der Waals surface area contributed by atoms with E-state index >= 15 is 0 Å². The van der Waals surface area contributed by atoms with Crippen LogP contribution in [0.4, 0.5) is 4.39 Å². The van der Waals surface area contributed by atoms with Crippen LogP contribution in [0.25, 0.3) is 10.9 Å². The van der Waals surface area contributed by atoms with Gasteiger partial charge in [-0.1, -0.05) is 61.8 Å².